The minimum atomic E-state index is 0.644. The van der Waals surface area contributed by atoms with Gasteiger partial charge in [0.25, 0.3) is 0 Å². The van der Waals surface area contributed by atoms with Crippen LogP contribution in [0.5, 0.6) is 0 Å². The van der Waals surface area contributed by atoms with Gasteiger partial charge in [-0.25, -0.2) is 0 Å². The van der Waals surface area contributed by atoms with Crippen molar-refractivity contribution in [3.63, 3.8) is 0 Å². The van der Waals surface area contributed by atoms with Crippen LogP contribution >= 0.6 is 22.9 Å². The fraction of sp³-hybridized carbons (Fsp3) is 0.692. The standard InChI is InChI=1S/C13H21ClN2S/c1-11(16-7-3-2-4-8-16)9-15-10-12-5-6-13(14)17-12/h5-6,11,15H,2-4,7-10H2,1H3. The fourth-order valence-electron chi connectivity index (χ4n) is 2.34. The molecule has 0 aliphatic carbocycles. The lowest BCUT2D eigenvalue weighted by atomic mass is 10.1. The maximum Gasteiger partial charge on any atom is 0.0931 e. The lowest BCUT2D eigenvalue weighted by Crippen LogP contribution is -2.42. The largest absolute Gasteiger partial charge is 0.310 e. The third kappa shape index (κ3) is 4.25. The van der Waals surface area contributed by atoms with E-state index in [-0.39, 0.29) is 0 Å². The van der Waals surface area contributed by atoms with Crippen molar-refractivity contribution in [2.45, 2.75) is 38.8 Å². The number of piperidine rings is 1. The van der Waals surface area contributed by atoms with Crippen molar-refractivity contribution >= 4 is 22.9 Å². The normalized spacial score (nSPS) is 19.4. The van der Waals surface area contributed by atoms with Crippen LogP contribution in [0.2, 0.25) is 4.34 Å². The van der Waals surface area contributed by atoms with Crippen LogP contribution < -0.4 is 5.32 Å². The zero-order valence-corrected chi connectivity index (χ0v) is 12.0. The summed E-state index contributed by atoms with van der Waals surface area (Å²) in [6.07, 6.45) is 4.14. The minimum absolute atomic E-state index is 0.644. The number of halogens is 1. The van der Waals surface area contributed by atoms with Gasteiger partial charge in [0.15, 0.2) is 0 Å². The lowest BCUT2D eigenvalue weighted by molar-refractivity contribution is 0.171. The smallest absolute Gasteiger partial charge is 0.0931 e. The molecule has 0 radical (unpaired) electrons. The molecular weight excluding hydrogens is 252 g/mol. The van der Waals surface area contributed by atoms with Gasteiger partial charge in [-0.05, 0) is 45.0 Å². The Labute approximate surface area is 113 Å². The summed E-state index contributed by atoms with van der Waals surface area (Å²) in [5.74, 6) is 0. The van der Waals surface area contributed by atoms with Crippen molar-refractivity contribution in [2.24, 2.45) is 0 Å². The monoisotopic (exact) mass is 272 g/mol. The number of nitrogens with one attached hydrogen (secondary N) is 1. The first-order chi connectivity index (χ1) is 8.25. The molecule has 0 amide bonds. The van der Waals surface area contributed by atoms with Gasteiger partial charge in [0.2, 0.25) is 0 Å². The van der Waals surface area contributed by atoms with Gasteiger partial charge in [-0.2, -0.15) is 0 Å². The Morgan fingerprint density at radius 1 is 1.35 bits per heavy atom. The molecule has 0 saturated carbocycles. The van der Waals surface area contributed by atoms with Gasteiger partial charge in [-0.1, -0.05) is 18.0 Å². The molecule has 17 heavy (non-hydrogen) atoms. The molecule has 1 saturated heterocycles. The van der Waals surface area contributed by atoms with Crippen LogP contribution in [0.4, 0.5) is 0 Å². The van der Waals surface area contributed by atoms with Crippen LogP contribution in [0.1, 0.15) is 31.1 Å². The Hall–Kier alpha value is -0.0900. The fourth-order valence-corrected chi connectivity index (χ4v) is 3.40. The molecule has 96 valence electrons. The molecule has 2 nitrogen and oxygen atoms in total. The SMILES string of the molecule is CC(CNCc1ccc(Cl)s1)N1CCCCC1. The molecular formula is C13H21ClN2S. The lowest BCUT2D eigenvalue weighted by Gasteiger charge is -2.32. The van der Waals surface area contributed by atoms with Gasteiger partial charge < -0.3 is 5.32 Å². The zero-order chi connectivity index (χ0) is 12.1. The highest BCUT2D eigenvalue weighted by Crippen LogP contribution is 2.21. The Kier molecular flexibility index (Phi) is 5.29. The molecule has 1 aromatic heterocycles. The van der Waals surface area contributed by atoms with Crippen LogP contribution in [0.25, 0.3) is 0 Å². The van der Waals surface area contributed by atoms with Crippen molar-refractivity contribution in [3.05, 3.63) is 21.3 Å². The molecule has 2 rings (SSSR count). The Balaban J connectivity index is 1.67. The van der Waals surface area contributed by atoms with Crippen molar-refractivity contribution in [1.29, 1.82) is 0 Å². The van der Waals surface area contributed by atoms with E-state index in [1.54, 1.807) is 11.3 Å². The zero-order valence-electron chi connectivity index (χ0n) is 10.4. The number of rotatable bonds is 5. The summed E-state index contributed by atoms with van der Waals surface area (Å²) in [7, 11) is 0. The maximum atomic E-state index is 5.91. The van der Waals surface area contributed by atoms with Crippen molar-refractivity contribution in [1.82, 2.24) is 10.2 Å². The number of thiophene rings is 1. The molecule has 1 aliphatic heterocycles. The number of likely N-dealkylation sites (tertiary alicyclic amines) is 1. The second kappa shape index (κ2) is 6.74. The van der Waals surface area contributed by atoms with E-state index in [1.165, 1.54) is 37.2 Å². The van der Waals surface area contributed by atoms with Crippen LogP contribution in [0.3, 0.4) is 0 Å². The molecule has 1 aliphatic rings. The van der Waals surface area contributed by atoms with Crippen LogP contribution in [0.15, 0.2) is 12.1 Å². The molecule has 1 atom stereocenters. The van der Waals surface area contributed by atoms with Gasteiger partial charge in [-0.15, -0.1) is 11.3 Å². The molecule has 0 spiro atoms. The summed E-state index contributed by atoms with van der Waals surface area (Å²) in [5.41, 5.74) is 0. The molecule has 1 aromatic rings. The average Bonchev–Trinajstić information content (AvgIpc) is 2.76. The second-order valence-corrected chi connectivity index (χ2v) is 6.58. The molecule has 1 N–H and O–H groups in total. The average molecular weight is 273 g/mol. The topological polar surface area (TPSA) is 15.3 Å². The van der Waals surface area contributed by atoms with E-state index in [4.69, 9.17) is 11.6 Å². The van der Waals surface area contributed by atoms with Crippen LogP contribution in [-0.4, -0.2) is 30.6 Å². The van der Waals surface area contributed by atoms with Gasteiger partial charge in [0, 0.05) is 24.0 Å². The van der Waals surface area contributed by atoms with Crippen molar-refractivity contribution in [3.8, 4) is 0 Å². The van der Waals surface area contributed by atoms with E-state index in [2.05, 4.69) is 23.2 Å². The minimum Gasteiger partial charge on any atom is -0.310 e. The number of nitrogens with zero attached hydrogens (tertiary/aromatic N) is 1. The molecule has 1 fully saturated rings. The Bertz CT molecular complexity index is 334. The highest BCUT2D eigenvalue weighted by molar-refractivity contribution is 7.16. The molecule has 0 bridgehead atoms. The second-order valence-electron chi connectivity index (χ2n) is 4.78. The summed E-state index contributed by atoms with van der Waals surface area (Å²) in [4.78, 5) is 3.92. The summed E-state index contributed by atoms with van der Waals surface area (Å²) in [5, 5.41) is 3.52. The predicted octanol–water partition coefficient (Wildman–Crippen LogP) is 3.37. The molecule has 0 aromatic carbocycles. The maximum absolute atomic E-state index is 5.91. The van der Waals surface area contributed by atoms with Gasteiger partial charge in [0.1, 0.15) is 0 Å². The quantitative estimate of drug-likeness (QED) is 0.884. The summed E-state index contributed by atoms with van der Waals surface area (Å²) in [6.45, 7) is 6.87. The highest BCUT2D eigenvalue weighted by atomic mass is 35.5. The van der Waals surface area contributed by atoms with Crippen LogP contribution in [-0.2, 0) is 6.54 Å². The van der Waals surface area contributed by atoms with Gasteiger partial charge in [0.05, 0.1) is 4.34 Å². The van der Waals surface area contributed by atoms with Crippen LogP contribution in [0, 0.1) is 0 Å². The van der Waals surface area contributed by atoms with E-state index in [9.17, 15) is 0 Å². The number of hydrogen-bond donors (Lipinski definition) is 1. The summed E-state index contributed by atoms with van der Waals surface area (Å²) in [6, 6.07) is 4.72. The van der Waals surface area contributed by atoms with E-state index in [0.29, 0.717) is 6.04 Å². The van der Waals surface area contributed by atoms with Gasteiger partial charge in [-0.3, -0.25) is 4.90 Å². The molecule has 2 heterocycles. The first kappa shape index (κ1) is 13.3. The first-order valence-corrected chi connectivity index (χ1v) is 7.64. The van der Waals surface area contributed by atoms with Gasteiger partial charge >= 0.3 is 0 Å². The molecule has 1 unspecified atom stereocenters. The van der Waals surface area contributed by atoms with E-state index in [1.807, 2.05) is 6.07 Å². The third-order valence-electron chi connectivity index (χ3n) is 3.38. The van der Waals surface area contributed by atoms with Crippen molar-refractivity contribution < 1.29 is 0 Å². The van der Waals surface area contributed by atoms with E-state index >= 15 is 0 Å². The predicted molar refractivity (Wildman–Crippen MR) is 75.9 cm³/mol. The summed E-state index contributed by atoms with van der Waals surface area (Å²) >= 11 is 7.57. The first-order valence-electron chi connectivity index (χ1n) is 6.44. The molecule has 4 heteroatoms. The Morgan fingerprint density at radius 2 is 2.12 bits per heavy atom. The summed E-state index contributed by atoms with van der Waals surface area (Å²) < 4.78 is 0.880. The highest BCUT2D eigenvalue weighted by Gasteiger charge is 2.15. The van der Waals surface area contributed by atoms with Crippen molar-refractivity contribution in [2.75, 3.05) is 19.6 Å². The third-order valence-corrected chi connectivity index (χ3v) is 4.61. The Morgan fingerprint density at radius 3 is 2.76 bits per heavy atom. The van der Waals surface area contributed by atoms with E-state index < -0.39 is 0 Å². The number of hydrogen-bond acceptors (Lipinski definition) is 3. The van der Waals surface area contributed by atoms with E-state index in [0.717, 1.165) is 17.4 Å².